The van der Waals surface area contributed by atoms with Gasteiger partial charge >= 0.3 is 6.18 Å². The van der Waals surface area contributed by atoms with Crippen LogP contribution in [0.3, 0.4) is 0 Å². The highest BCUT2D eigenvalue weighted by atomic mass is 32.2. The van der Waals surface area contributed by atoms with Crippen LogP contribution < -0.4 is 0 Å². The van der Waals surface area contributed by atoms with Crippen molar-refractivity contribution >= 4 is 23.3 Å². The van der Waals surface area contributed by atoms with Gasteiger partial charge in [-0.15, -0.1) is 11.8 Å². The molecule has 8 heteroatoms. The Kier molecular flexibility index (Phi) is 6.05. The second-order valence-electron chi connectivity index (χ2n) is 5.54. The maximum absolute atomic E-state index is 14.3. The standard InChI is InChI=1S/C17H17F4N3S/c1-11-7-13(18)14(8-15(11)25-10-17(19,20)21)23-16(24(2)3)12-5-4-6-22-9-12/h4-9H,10H2,1-3H3. The highest BCUT2D eigenvalue weighted by Gasteiger charge is 2.27. The smallest absolute Gasteiger partial charge is 0.362 e. The lowest BCUT2D eigenvalue weighted by atomic mass is 10.2. The van der Waals surface area contributed by atoms with Crippen LogP contribution in [0.2, 0.25) is 0 Å². The lowest BCUT2D eigenvalue weighted by Gasteiger charge is -2.16. The predicted molar refractivity (Wildman–Crippen MR) is 92.0 cm³/mol. The third-order valence-electron chi connectivity index (χ3n) is 3.21. The van der Waals surface area contributed by atoms with Gasteiger partial charge in [0, 0.05) is 36.9 Å². The molecule has 0 atom stereocenters. The van der Waals surface area contributed by atoms with Gasteiger partial charge in [-0.05, 0) is 36.8 Å². The summed E-state index contributed by atoms with van der Waals surface area (Å²) in [5, 5.41) is 0. The number of aliphatic imine (C=N–C) groups is 1. The van der Waals surface area contributed by atoms with Crippen LogP contribution in [-0.4, -0.2) is 41.7 Å². The summed E-state index contributed by atoms with van der Waals surface area (Å²) in [6, 6.07) is 6.05. The first-order valence-corrected chi connectivity index (χ1v) is 8.32. The average Bonchev–Trinajstić information content (AvgIpc) is 2.52. The van der Waals surface area contributed by atoms with Crippen LogP contribution >= 0.6 is 11.8 Å². The number of pyridine rings is 1. The molecule has 0 radical (unpaired) electrons. The van der Waals surface area contributed by atoms with Gasteiger partial charge in [0.25, 0.3) is 0 Å². The van der Waals surface area contributed by atoms with Gasteiger partial charge in [0.2, 0.25) is 0 Å². The van der Waals surface area contributed by atoms with Gasteiger partial charge in [0.05, 0.1) is 5.75 Å². The fourth-order valence-corrected chi connectivity index (χ4v) is 2.88. The van der Waals surface area contributed by atoms with E-state index in [1.54, 1.807) is 50.4 Å². The lowest BCUT2D eigenvalue weighted by Crippen LogP contribution is -2.23. The highest BCUT2D eigenvalue weighted by Crippen LogP contribution is 2.33. The fourth-order valence-electron chi connectivity index (χ4n) is 2.07. The summed E-state index contributed by atoms with van der Waals surface area (Å²) in [5.41, 5.74) is 1.11. The zero-order valence-corrected chi connectivity index (χ0v) is 14.7. The molecule has 1 aromatic heterocycles. The molecule has 2 aromatic rings. The van der Waals surface area contributed by atoms with Crippen molar-refractivity contribution < 1.29 is 17.6 Å². The third kappa shape index (κ3) is 5.45. The second-order valence-corrected chi connectivity index (χ2v) is 6.56. The molecule has 0 unspecified atom stereocenters. The Labute approximate surface area is 147 Å². The quantitative estimate of drug-likeness (QED) is 0.334. The molecule has 134 valence electrons. The van der Waals surface area contributed by atoms with Gasteiger partial charge < -0.3 is 4.90 Å². The van der Waals surface area contributed by atoms with Crippen molar-refractivity contribution in [1.82, 2.24) is 9.88 Å². The number of benzene rings is 1. The van der Waals surface area contributed by atoms with E-state index in [4.69, 9.17) is 0 Å². The average molecular weight is 371 g/mol. The normalized spacial score (nSPS) is 12.4. The topological polar surface area (TPSA) is 28.5 Å². The molecular formula is C17H17F4N3S. The number of nitrogens with zero attached hydrogens (tertiary/aromatic N) is 3. The molecule has 0 fully saturated rings. The number of aryl methyl sites for hydroxylation is 1. The van der Waals surface area contributed by atoms with E-state index in [9.17, 15) is 17.6 Å². The van der Waals surface area contributed by atoms with Gasteiger partial charge in [0.15, 0.2) is 0 Å². The van der Waals surface area contributed by atoms with E-state index in [0.717, 1.165) is 0 Å². The Bertz CT molecular complexity index is 758. The lowest BCUT2D eigenvalue weighted by molar-refractivity contribution is -0.105. The molecule has 1 aromatic carbocycles. The van der Waals surface area contributed by atoms with Gasteiger partial charge in [-0.1, -0.05) is 0 Å². The van der Waals surface area contributed by atoms with Crippen molar-refractivity contribution in [2.45, 2.75) is 18.0 Å². The molecule has 0 aliphatic rings. The van der Waals surface area contributed by atoms with E-state index in [2.05, 4.69) is 9.98 Å². The van der Waals surface area contributed by atoms with Crippen molar-refractivity contribution in [2.24, 2.45) is 4.99 Å². The van der Waals surface area contributed by atoms with Crippen LogP contribution in [0.15, 0.2) is 46.5 Å². The molecular weight excluding hydrogens is 354 g/mol. The molecule has 2 rings (SSSR count). The zero-order valence-electron chi connectivity index (χ0n) is 13.9. The molecule has 0 saturated heterocycles. The first-order valence-electron chi connectivity index (χ1n) is 7.33. The van der Waals surface area contributed by atoms with Crippen molar-refractivity contribution in [2.75, 3.05) is 19.8 Å². The summed E-state index contributed by atoms with van der Waals surface area (Å²) in [6.45, 7) is 1.57. The molecule has 0 saturated carbocycles. The number of thioether (sulfide) groups is 1. The molecule has 0 aliphatic carbocycles. The van der Waals surface area contributed by atoms with E-state index in [1.807, 2.05) is 0 Å². The van der Waals surface area contributed by atoms with Crippen molar-refractivity contribution in [3.8, 4) is 0 Å². The van der Waals surface area contributed by atoms with Gasteiger partial charge in [-0.3, -0.25) is 4.98 Å². The molecule has 0 bridgehead atoms. The van der Waals surface area contributed by atoms with Crippen LogP contribution in [0.5, 0.6) is 0 Å². The number of amidine groups is 1. The van der Waals surface area contributed by atoms with Crippen molar-refractivity contribution in [3.05, 3.63) is 53.6 Å². The molecule has 0 aliphatic heterocycles. The number of aromatic nitrogens is 1. The molecule has 0 spiro atoms. The van der Waals surface area contributed by atoms with Crippen molar-refractivity contribution in [3.63, 3.8) is 0 Å². The van der Waals surface area contributed by atoms with E-state index >= 15 is 0 Å². The first-order chi connectivity index (χ1) is 11.7. The van der Waals surface area contributed by atoms with Crippen LogP contribution in [-0.2, 0) is 0 Å². The Hall–Kier alpha value is -2.09. The Morgan fingerprint density at radius 1 is 1.28 bits per heavy atom. The van der Waals surface area contributed by atoms with Crippen LogP contribution in [0, 0.1) is 12.7 Å². The number of rotatable bonds is 4. The minimum atomic E-state index is -4.29. The zero-order chi connectivity index (χ0) is 18.6. The third-order valence-corrected chi connectivity index (χ3v) is 4.43. The van der Waals surface area contributed by atoms with E-state index in [1.165, 1.54) is 12.1 Å². The van der Waals surface area contributed by atoms with E-state index in [0.29, 0.717) is 33.6 Å². The Balaban J connectivity index is 2.43. The molecule has 0 N–H and O–H groups in total. The number of alkyl halides is 3. The maximum Gasteiger partial charge on any atom is 0.398 e. The van der Waals surface area contributed by atoms with Gasteiger partial charge in [-0.2, -0.15) is 13.2 Å². The number of hydrogen-bond donors (Lipinski definition) is 0. The van der Waals surface area contributed by atoms with E-state index < -0.39 is 17.7 Å². The molecule has 0 amide bonds. The second kappa shape index (κ2) is 7.86. The summed E-state index contributed by atoms with van der Waals surface area (Å²) >= 11 is 0.621. The van der Waals surface area contributed by atoms with Gasteiger partial charge in [0.1, 0.15) is 17.3 Å². The maximum atomic E-state index is 14.3. The predicted octanol–water partition coefficient (Wildman–Crippen LogP) is 4.82. The molecule has 3 nitrogen and oxygen atoms in total. The SMILES string of the molecule is Cc1cc(F)c(N=C(c2cccnc2)N(C)C)cc1SCC(F)(F)F. The molecule has 1 heterocycles. The first kappa shape index (κ1) is 19.2. The van der Waals surface area contributed by atoms with E-state index in [-0.39, 0.29) is 5.69 Å². The van der Waals surface area contributed by atoms with Crippen LogP contribution in [0.1, 0.15) is 11.1 Å². The van der Waals surface area contributed by atoms with Crippen LogP contribution in [0.25, 0.3) is 0 Å². The fraction of sp³-hybridized carbons (Fsp3) is 0.294. The van der Waals surface area contributed by atoms with Gasteiger partial charge in [-0.25, -0.2) is 9.38 Å². The summed E-state index contributed by atoms with van der Waals surface area (Å²) in [6.07, 6.45) is -1.10. The minimum absolute atomic E-state index is 0.0113. The molecule has 25 heavy (non-hydrogen) atoms. The summed E-state index contributed by atoms with van der Waals surface area (Å²) in [7, 11) is 3.49. The largest absolute Gasteiger partial charge is 0.398 e. The van der Waals surface area contributed by atoms with Crippen LogP contribution in [0.4, 0.5) is 23.2 Å². The Morgan fingerprint density at radius 2 is 2.00 bits per heavy atom. The monoisotopic (exact) mass is 371 g/mol. The van der Waals surface area contributed by atoms with Crippen molar-refractivity contribution in [1.29, 1.82) is 0 Å². The highest BCUT2D eigenvalue weighted by molar-refractivity contribution is 7.99. The number of halogens is 4. The summed E-state index contributed by atoms with van der Waals surface area (Å²) in [5.74, 6) is -1.16. The number of hydrogen-bond acceptors (Lipinski definition) is 3. The summed E-state index contributed by atoms with van der Waals surface area (Å²) < 4.78 is 51.6. The minimum Gasteiger partial charge on any atom is -0.362 e. The Morgan fingerprint density at radius 3 is 2.56 bits per heavy atom. The summed E-state index contributed by atoms with van der Waals surface area (Å²) in [4.78, 5) is 10.4.